The molecule has 0 saturated carbocycles. The monoisotopic (exact) mass is 412 g/mol. The molecular weight excluding hydrogens is 388 g/mol. The number of hydrogen-bond donors (Lipinski definition) is 1. The molecule has 0 bridgehead atoms. The summed E-state index contributed by atoms with van der Waals surface area (Å²) in [6.45, 7) is 2.75. The van der Waals surface area contributed by atoms with Crippen molar-refractivity contribution in [3.8, 4) is 0 Å². The Bertz CT molecular complexity index is 997. The number of amides is 2. The van der Waals surface area contributed by atoms with E-state index >= 15 is 0 Å². The van der Waals surface area contributed by atoms with Crippen molar-refractivity contribution in [2.45, 2.75) is 19.4 Å². The fourth-order valence-corrected chi connectivity index (χ4v) is 3.61. The molecule has 0 aliphatic carbocycles. The SMILES string of the molecule is COCCNC(=O)c1cn(C[C@@H]2CCCN(C(=O)c3cc4ncccn4n3)C2)nn1. The summed E-state index contributed by atoms with van der Waals surface area (Å²) >= 11 is 0. The predicted molar refractivity (Wildman–Crippen MR) is 106 cm³/mol. The quantitative estimate of drug-likeness (QED) is 0.552. The molecule has 3 aromatic heterocycles. The molecule has 1 N–H and O–H groups in total. The number of carbonyl (C=O) groups is 2. The first-order valence-corrected chi connectivity index (χ1v) is 9.91. The van der Waals surface area contributed by atoms with Gasteiger partial charge in [0, 0.05) is 51.7 Å². The molecule has 30 heavy (non-hydrogen) atoms. The largest absolute Gasteiger partial charge is 0.383 e. The summed E-state index contributed by atoms with van der Waals surface area (Å²) in [4.78, 5) is 31.0. The van der Waals surface area contributed by atoms with Crippen LogP contribution in [-0.4, -0.2) is 79.7 Å². The number of likely N-dealkylation sites (tertiary alicyclic amines) is 1. The first-order valence-electron chi connectivity index (χ1n) is 9.91. The maximum Gasteiger partial charge on any atom is 0.274 e. The van der Waals surface area contributed by atoms with Gasteiger partial charge >= 0.3 is 0 Å². The van der Waals surface area contributed by atoms with Crippen LogP contribution in [-0.2, 0) is 11.3 Å². The van der Waals surface area contributed by atoms with Crippen LogP contribution in [0.15, 0.2) is 30.7 Å². The van der Waals surface area contributed by atoms with Crippen LogP contribution in [0, 0.1) is 5.92 Å². The molecule has 0 spiro atoms. The highest BCUT2D eigenvalue weighted by Crippen LogP contribution is 2.20. The second kappa shape index (κ2) is 8.99. The number of piperidine rings is 1. The van der Waals surface area contributed by atoms with Gasteiger partial charge in [-0.15, -0.1) is 5.10 Å². The van der Waals surface area contributed by atoms with E-state index in [1.807, 2.05) is 4.90 Å². The molecule has 1 aliphatic heterocycles. The predicted octanol–water partition coefficient (Wildman–Crippen LogP) is 0.249. The van der Waals surface area contributed by atoms with E-state index in [0.717, 1.165) is 12.8 Å². The Hall–Kier alpha value is -3.34. The average Bonchev–Trinajstić information content (AvgIpc) is 3.40. The van der Waals surface area contributed by atoms with Gasteiger partial charge in [-0.05, 0) is 24.8 Å². The number of hydrogen-bond acceptors (Lipinski definition) is 7. The number of methoxy groups -OCH3 is 1. The Morgan fingerprint density at radius 2 is 2.23 bits per heavy atom. The van der Waals surface area contributed by atoms with E-state index in [9.17, 15) is 9.59 Å². The van der Waals surface area contributed by atoms with Crippen molar-refractivity contribution in [1.82, 2.24) is 39.8 Å². The molecular formula is C19H24N8O3. The molecule has 1 saturated heterocycles. The van der Waals surface area contributed by atoms with Crippen LogP contribution in [0.5, 0.6) is 0 Å². The zero-order chi connectivity index (χ0) is 20.9. The fourth-order valence-electron chi connectivity index (χ4n) is 3.61. The van der Waals surface area contributed by atoms with Crippen LogP contribution in [0.1, 0.15) is 33.8 Å². The third-order valence-electron chi connectivity index (χ3n) is 5.07. The van der Waals surface area contributed by atoms with Crippen molar-refractivity contribution in [3.63, 3.8) is 0 Å². The molecule has 0 unspecified atom stereocenters. The Labute approximate surface area is 173 Å². The van der Waals surface area contributed by atoms with Gasteiger partial charge in [0.05, 0.1) is 12.8 Å². The number of carbonyl (C=O) groups excluding carboxylic acids is 2. The standard InChI is InChI=1S/C19H24N8O3/c1-30-9-6-21-18(28)16-13-26(24-22-16)12-14-4-2-7-25(11-14)19(29)15-10-17-20-5-3-8-27(17)23-15/h3,5,8,10,13-14H,2,4,6-7,9,11-12H2,1H3,(H,21,28)/t14-/m1/s1. The number of fused-ring (bicyclic) bond motifs is 1. The third-order valence-corrected chi connectivity index (χ3v) is 5.07. The second-order valence-electron chi connectivity index (χ2n) is 7.29. The van der Waals surface area contributed by atoms with Crippen molar-refractivity contribution in [2.24, 2.45) is 5.92 Å². The minimum absolute atomic E-state index is 0.0954. The molecule has 2 amide bonds. The van der Waals surface area contributed by atoms with E-state index in [1.54, 1.807) is 47.0 Å². The first kappa shape index (κ1) is 20.0. The normalized spacial score (nSPS) is 16.7. The van der Waals surface area contributed by atoms with E-state index in [1.165, 1.54) is 0 Å². The van der Waals surface area contributed by atoms with Crippen LogP contribution in [0.4, 0.5) is 0 Å². The van der Waals surface area contributed by atoms with Crippen LogP contribution in [0.2, 0.25) is 0 Å². The highest BCUT2D eigenvalue weighted by Gasteiger charge is 2.27. The van der Waals surface area contributed by atoms with Gasteiger partial charge in [0.1, 0.15) is 0 Å². The summed E-state index contributed by atoms with van der Waals surface area (Å²) in [6.07, 6.45) is 6.96. The zero-order valence-corrected chi connectivity index (χ0v) is 16.8. The first-order chi connectivity index (χ1) is 14.6. The maximum atomic E-state index is 12.9. The Morgan fingerprint density at radius 3 is 3.07 bits per heavy atom. The van der Waals surface area contributed by atoms with E-state index < -0.39 is 0 Å². The van der Waals surface area contributed by atoms with Crippen molar-refractivity contribution >= 4 is 17.5 Å². The van der Waals surface area contributed by atoms with Crippen LogP contribution in [0.25, 0.3) is 5.65 Å². The van der Waals surface area contributed by atoms with Gasteiger partial charge in [0.15, 0.2) is 17.0 Å². The van der Waals surface area contributed by atoms with Crippen LogP contribution in [0.3, 0.4) is 0 Å². The average molecular weight is 412 g/mol. The van der Waals surface area contributed by atoms with E-state index in [2.05, 4.69) is 25.7 Å². The molecule has 4 heterocycles. The summed E-state index contributed by atoms with van der Waals surface area (Å²) in [6, 6.07) is 3.48. The summed E-state index contributed by atoms with van der Waals surface area (Å²) in [5.74, 6) is -0.148. The smallest absolute Gasteiger partial charge is 0.274 e. The van der Waals surface area contributed by atoms with Gasteiger partial charge in [-0.1, -0.05) is 5.21 Å². The highest BCUT2D eigenvalue weighted by molar-refractivity contribution is 5.93. The molecule has 1 aliphatic rings. The van der Waals surface area contributed by atoms with E-state index in [-0.39, 0.29) is 23.4 Å². The molecule has 11 heteroatoms. The van der Waals surface area contributed by atoms with Gasteiger partial charge in [0.25, 0.3) is 11.8 Å². The molecule has 11 nitrogen and oxygen atoms in total. The van der Waals surface area contributed by atoms with Crippen LogP contribution < -0.4 is 5.32 Å². The topological polar surface area (TPSA) is 120 Å². The number of aromatic nitrogens is 6. The highest BCUT2D eigenvalue weighted by atomic mass is 16.5. The molecule has 4 rings (SSSR count). The Balaban J connectivity index is 1.36. The lowest BCUT2D eigenvalue weighted by Gasteiger charge is -2.32. The maximum absolute atomic E-state index is 12.9. The van der Waals surface area contributed by atoms with Crippen molar-refractivity contribution in [1.29, 1.82) is 0 Å². The fraction of sp³-hybridized carbons (Fsp3) is 0.474. The van der Waals surface area contributed by atoms with Gasteiger partial charge in [-0.25, -0.2) is 9.50 Å². The minimum Gasteiger partial charge on any atom is -0.383 e. The molecule has 0 radical (unpaired) electrons. The number of nitrogens with zero attached hydrogens (tertiary/aromatic N) is 7. The van der Waals surface area contributed by atoms with Crippen molar-refractivity contribution < 1.29 is 14.3 Å². The minimum atomic E-state index is -0.279. The van der Waals surface area contributed by atoms with Gasteiger partial charge in [0.2, 0.25) is 0 Å². The van der Waals surface area contributed by atoms with E-state index in [0.29, 0.717) is 44.1 Å². The molecule has 3 aromatic rings. The Morgan fingerprint density at radius 1 is 1.33 bits per heavy atom. The van der Waals surface area contributed by atoms with Crippen molar-refractivity contribution in [2.75, 3.05) is 33.4 Å². The van der Waals surface area contributed by atoms with Gasteiger partial charge in [-0.3, -0.25) is 14.3 Å². The molecule has 0 aromatic carbocycles. The zero-order valence-electron chi connectivity index (χ0n) is 16.8. The summed E-state index contributed by atoms with van der Waals surface area (Å²) < 4.78 is 8.18. The summed E-state index contributed by atoms with van der Waals surface area (Å²) in [7, 11) is 1.58. The number of nitrogens with one attached hydrogen (secondary N) is 1. The summed E-state index contributed by atoms with van der Waals surface area (Å²) in [5.41, 5.74) is 1.31. The van der Waals surface area contributed by atoms with E-state index in [4.69, 9.17) is 4.74 Å². The molecule has 158 valence electrons. The Kier molecular flexibility index (Phi) is 5.98. The van der Waals surface area contributed by atoms with Gasteiger partial charge in [-0.2, -0.15) is 5.10 Å². The molecule has 1 atom stereocenters. The summed E-state index contributed by atoms with van der Waals surface area (Å²) in [5, 5.41) is 15.1. The molecule has 1 fully saturated rings. The van der Waals surface area contributed by atoms with Crippen molar-refractivity contribution in [3.05, 3.63) is 42.1 Å². The lowest BCUT2D eigenvalue weighted by Crippen LogP contribution is -2.41. The number of rotatable bonds is 7. The second-order valence-corrected chi connectivity index (χ2v) is 7.29. The third kappa shape index (κ3) is 4.46. The lowest BCUT2D eigenvalue weighted by atomic mass is 9.98. The van der Waals surface area contributed by atoms with Crippen LogP contribution >= 0.6 is 0 Å². The number of ether oxygens (including phenoxy) is 1. The van der Waals surface area contributed by atoms with Gasteiger partial charge < -0.3 is 15.0 Å². The lowest BCUT2D eigenvalue weighted by molar-refractivity contribution is 0.0653.